The first kappa shape index (κ1) is 14.0. The largest absolute Gasteiger partial charge is 0.301 e. The quantitative estimate of drug-likeness (QED) is 0.655. The van der Waals surface area contributed by atoms with Gasteiger partial charge in [-0.25, -0.2) is 0 Å². The van der Waals surface area contributed by atoms with E-state index in [0.717, 1.165) is 33.9 Å². The number of rotatable bonds is 3. The molecule has 108 valence electrons. The maximum absolute atomic E-state index is 6.07. The Hall–Kier alpha value is -2.00. The van der Waals surface area contributed by atoms with Crippen LogP contribution >= 0.6 is 11.6 Å². The lowest BCUT2D eigenvalue weighted by Crippen LogP contribution is -2.04. The molecule has 0 spiro atoms. The summed E-state index contributed by atoms with van der Waals surface area (Å²) in [4.78, 5) is 0. The highest BCUT2D eigenvalue weighted by Crippen LogP contribution is 2.26. The predicted molar refractivity (Wildman–Crippen MR) is 88.3 cm³/mol. The minimum Gasteiger partial charge on any atom is -0.301 e. The number of aryl methyl sites for hydroxylation is 2. The van der Waals surface area contributed by atoms with Gasteiger partial charge < -0.3 is 4.57 Å². The van der Waals surface area contributed by atoms with Crippen LogP contribution in [0.1, 0.15) is 18.2 Å². The smallest absolute Gasteiger partial charge is 0.138 e. The third-order valence-corrected chi connectivity index (χ3v) is 3.99. The Kier molecular flexibility index (Phi) is 3.60. The zero-order valence-electron chi connectivity index (χ0n) is 12.5. The van der Waals surface area contributed by atoms with Crippen LogP contribution in [-0.2, 0) is 13.5 Å². The molecule has 0 N–H and O–H groups in total. The van der Waals surface area contributed by atoms with Crippen LogP contribution in [0.3, 0.4) is 0 Å². The molecule has 1 aromatic carbocycles. The number of aromatic nitrogens is 3. The number of allylic oxidation sites excluding steroid dienone is 2. The molecular weight excluding hydrogens is 282 g/mol. The van der Waals surface area contributed by atoms with E-state index in [9.17, 15) is 0 Å². The fourth-order valence-electron chi connectivity index (χ4n) is 2.76. The van der Waals surface area contributed by atoms with Gasteiger partial charge in [0.15, 0.2) is 0 Å². The van der Waals surface area contributed by atoms with Crippen molar-refractivity contribution in [3.8, 4) is 5.82 Å². The zero-order valence-corrected chi connectivity index (χ0v) is 13.2. The standard InChI is InChI=1S/C17H18ClN3/c1-4-5-6-15-12(2)19-20(3)17(15)21-10-9-13-11-14(18)7-8-16(13)21/h4-5,7-11H,6H2,1-3H3/b5-4+. The molecule has 0 unspecified atom stereocenters. The molecule has 2 aromatic heterocycles. The van der Waals surface area contributed by atoms with E-state index < -0.39 is 0 Å². The van der Waals surface area contributed by atoms with Crippen molar-refractivity contribution < 1.29 is 0 Å². The van der Waals surface area contributed by atoms with Crippen molar-refractivity contribution in [2.24, 2.45) is 7.05 Å². The maximum Gasteiger partial charge on any atom is 0.138 e. The van der Waals surface area contributed by atoms with Crippen LogP contribution in [0.25, 0.3) is 16.7 Å². The molecule has 3 nitrogen and oxygen atoms in total. The van der Waals surface area contributed by atoms with Crippen molar-refractivity contribution in [1.82, 2.24) is 14.3 Å². The van der Waals surface area contributed by atoms with Crippen LogP contribution in [-0.4, -0.2) is 14.3 Å². The van der Waals surface area contributed by atoms with Gasteiger partial charge in [0.05, 0.1) is 11.2 Å². The number of nitrogens with zero attached hydrogens (tertiary/aromatic N) is 3. The second-order valence-corrected chi connectivity index (χ2v) is 5.61. The molecule has 0 aliphatic rings. The number of hydrogen-bond donors (Lipinski definition) is 0. The maximum atomic E-state index is 6.07. The highest BCUT2D eigenvalue weighted by atomic mass is 35.5. The Morgan fingerprint density at radius 1 is 1.29 bits per heavy atom. The molecule has 0 aliphatic heterocycles. The van der Waals surface area contributed by atoms with Crippen LogP contribution in [0.4, 0.5) is 0 Å². The van der Waals surface area contributed by atoms with Gasteiger partial charge in [-0.1, -0.05) is 23.8 Å². The van der Waals surface area contributed by atoms with Gasteiger partial charge in [-0.3, -0.25) is 4.68 Å². The molecule has 0 aliphatic carbocycles. The van der Waals surface area contributed by atoms with E-state index in [0.29, 0.717) is 0 Å². The molecule has 0 bridgehead atoms. The van der Waals surface area contributed by atoms with Crippen molar-refractivity contribution in [2.45, 2.75) is 20.3 Å². The van der Waals surface area contributed by atoms with Crippen LogP contribution < -0.4 is 0 Å². The summed E-state index contributed by atoms with van der Waals surface area (Å²) in [5.41, 5.74) is 3.47. The lowest BCUT2D eigenvalue weighted by molar-refractivity contribution is 0.727. The number of benzene rings is 1. The zero-order chi connectivity index (χ0) is 15.0. The summed E-state index contributed by atoms with van der Waals surface area (Å²) in [6, 6.07) is 8.06. The van der Waals surface area contributed by atoms with Crippen molar-refractivity contribution in [1.29, 1.82) is 0 Å². The lowest BCUT2D eigenvalue weighted by Gasteiger charge is -2.09. The molecule has 0 amide bonds. The van der Waals surface area contributed by atoms with E-state index in [2.05, 4.69) is 47.1 Å². The van der Waals surface area contributed by atoms with E-state index in [-0.39, 0.29) is 0 Å². The fourth-order valence-corrected chi connectivity index (χ4v) is 2.94. The number of fused-ring (bicyclic) bond motifs is 1. The van der Waals surface area contributed by atoms with Gasteiger partial charge in [-0.2, -0.15) is 5.10 Å². The third kappa shape index (κ3) is 2.38. The Balaban J connectivity index is 2.22. The second-order valence-electron chi connectivity index (χ2n) is 5.17. The van der Waals surface area contributed by atoms with Crippen molar-refractivity contribution >= 4 is 22.5 Å². The summed E-state index contributed by atoms with van der Waals surface area (Å²) in [6.45, 7) is 4.10. The predicted octanol–water partition coefficient (Wildman–Crippen LogP) is 4.44. The molecule has 0 fully saturated rings. The molecular formula is C17H18ClN3. The average Bonchev–Trinajstić information content (AvgIpc) is 2.96. The minimum atomic E-state index is 0.760. The van der Waals surface area contributed by atoms with Crippen molar-refractivity contribution in [2.75, 3.05) is 0 Å². The molecule has 2 heterocycles. The van der Waals surface area contributed by atoms with Crippen molar-refractivity contribution in [3.05, 3.63) is 58.9 Å². The molecule has 3 rings (SSSR count). The first-order chi connectivity index (χ1) is 10.1. The summed E-state index contributed by atoms with van der Waals surface area (Å²) in [7, 11) is 1.99. The monoisotopic (exact) mass is 299 g/mol. The molecule has 3 aromatic rings. The number of halogens is 1. The van der Waals surface area contributed by atoms with Gasteiger partial charge in [0, 0.05) is 29.2 Å². The van der Waals surface area contributed by atoms with E-state index in [1.807, 2.05) is 30.8 Å². The Bertz CT molecular complexity index is 824. The van der Waals surface area contributed by atoms with Gasteiger partial charge in [-0.15, -0.1) is 0 Å². The fraction of sp³-hybridized carbons (Fsp3) is 0.235. The molecule has 0 saturated heterocycles. The van der Waals surface area contributed by atoms with Gasteiger partial charge in [0.2, 0.25) is 0 Å². The molecule has 0 atom stereocenters. The minimum absolute atomic E-state index is 0.760. The summed E-state index contributed by atoms with van der Waals surface area (Å²) >= 11 is 6.07. The average molecular weight is 300 g/mol. The highest BCUT2D eigenvalue weighted by molar-refractivity contribution is 6.31. The van der Waals surface area contributed by atoms with E-state index in [1.54, 1.807) is 0 Å². The molecule has 4 heteroatoms. The van der Waals surface area contributed by atoms with Gasteiger partial charge in [-0.05, 0) is 44.5 Å². The van der Waals surface area contributed by atoms with E-state index in [4.69, 9.17) is 11.6 Å². The first-order valence-corrected chi connectivity index (χ1v) is 7.40. The first-order valence-electron chi connectivity index (χ1n) is 7.02. The van der Waals surface area contributed by atoms with Gasteiger partial charge in [0.1, 0.15) is 5.82 Å². The summed E-state index contributed by atoms with van der Waals surface area (Å²) in [5.74, 6) is 1.11. The van der Waals surface area contributed by atoms with Crippen molar-refractivity contribution in [3.63, 3.8) is 0 Å². The number of hydrogen-bond acceptors (Lipinski definition) is 1. The Morgan fingerprint density at radius 2 is 2.10 bits per heavy atom. The SMILES string of the molecule is C/C=C/Cc1c(C)nn(C)c1-n1ccc2cc(Cl)ccc21. The topological polar surface area (TPSA) is 22.8 Å². The van der Waals surface area contributed by atoms with Crippen LogP contribution in [0.5, 0.6) is 0 Å². The Labute approximate surface area is 129 Å². The molecule has 21 heavy (non-hydrogen) atoms. The summed E-state index contributed by atoms with van der Waals surface area (Å²) < 4.78 is 4.13. The second kappa shape index (κ2) is 5.41. The van der Waals surface area contributed by atoms with Crippen LogP contribution in [0, 0.1) is 6.92 Å². The molecule has 0 saturated carbocycles. The third-order valence-electron chi connectivity index (χ3n) is 3.75. The van der Waals surface area contributed by atoms with E-state index >= 15 is 0 Å². The van der Waals surface area contributed by atoms with Gasteiger partial charge in [0.25, 0.3) is 0 Å². The molecule has 0 radical (unpaired) electrons. The highest BCUT2D eigenvalue weighted by Gasteiger charge is 2.15. The summed E-state index contributed by atoms with van der Waals surface area (Å²) in [5, 5.41) is 6.48. The van der Waals surface area contributed by atoms with Crippen LogP contribution in [0.15, 0.2) is 42.6 Å². The normalized spacial score (nSPS) is 11.8. The lowest BCUT2D eigenvalue weighted by atomic mass is 10.1. The Morgan fingerprint density at radius 3 is 2.86 bits per heavy atom. The summed E-state index contributed by atoms with van der Waals surface area (Å²) in [6.07, 6.45) is 7.20. The van der Waals surface area contributed by atoms with Gasteiger partial charge >= 0.3 is 0 Å². The van der Waals surface area contributed by atoms with E-state index in [1.165, 1.54) is 5.56 Å². The van der Waals surface area contributed by atoms with Crippen LogP contribution in [0.2, 0.25) is 5.02 Å².